The zero-order valence-electron chi connectivity index (χ0n) is 18.1. The number of fused-ring (bicyclic) bond motifs is 2. The predicted octanol–water partition coefficient (Wildman–Crippen LogP) is 6.10. The molecule has 0 saturated carbocycles. The molecule has 0 aromatic heterocycles. The number of amides is 1. The maximum absolute atomic E-state index is 13.6. The Hall–Kier alpha value is -2.62. The first-order valence-electron chi connectivity index (χ1n) is 11.0. The summed E-state index contributed by atoms with van der Waals surface area (Å²) in [4.78, 5) is 28.4. The van der Waals surface area contributed by atoms with Gasteiger partial charge in [-0.1, -0.05) is 54.6 Å². The summed E-state index contributed by atoms with van der Waals surface area (Å²) in [7, 11) is 0. The van der Waals surface area contributed by atoms with E-state index in [1.54, 1.807) is 0 Å². The molecule has 1 amide bonds. The summed E-state index contributed by atoms with van der Waals surface area (Å²) in [6.07, 6.45) is 4.21. The topological polar surface area (TPSA) is 46.6 Å². The normalized spacial score (nSPS) is 23.7. The Kier molecular flexibility index (Phi) is 5.68. The minimum absolute atomic E-state index is 0.0520. The Labute approximate surface area is 179 Å². The van der Waals surface area contributed by atoms with Crippen molar-refractivity contribution in [3.63, 3.8) is 0 Å². The quantitative estimate of drug-likeness (QED) is 0.579. The van der Waals surface area contributed by atoms with E-state index in [2.05, 4.69) is 0 Å². The van der Waals surface area contributed by atoms with E-state index < -0.39 is 5.60 Å². The Morgan fingerprint density at radius 1 is 0.900 bits per heavy atom. The van der Waals surface area contributed by atoms with E-state index in [0.29, 0.717) is 0 Å². The minimum atomic E-state index is -0.507. The van der Waals surface area contributed by atoms with Crippen molar-refractivity contribution in [2.75, 3.05) is 0 Å². The number of hydrogen-bond acceptors (Lipinski definition) is 3. The number of ketones is 1. The molecule has 0 spiro atoms. The third kappa shape index (κ3) is 4.28. The number of ether oxygens (including phenoxy) is 1. The highest BCUT2D eigenvalue weighted by Gasteiger charge is 2.44. The maximum Gasteiger partial charge on any atom is 0.410 e. The fraction of sp³-hybridized carbons (Fsp3) is 0.462. The van der Waals surface area contributed by atoms with Gasteiger partial charge in [0.15, 0.2) is 5.78 Å². The predicted molar refractivity (Wildman–Crippen MR) is 118 cm³/mol. The first-order chi connectivity index (χ1) is 14.3. The number of Topliss-reactive ketones (excluding diaryl/α,β-unsaturated/α-hetero) is 1. The van der Waals surface area contributed by atoms with E-state index in [-0.39, 0.29) is 29.9 Å². The molecular formula is C26H31NO3. The van der Waals surface area contributed by atoms with Crippen LogP contribution in [0.25, 0.3) is 11.1 Å². The van der Waals surface area contributed by atoms with E-state index in [9.17, 15) is 9.59 Å². The van der Waals surface area contributed by atoms with E-state index in [0.717, 1.165) is 48.8 Å². The van der Waals surface area contributed by atoms with Crippen LogP contribution in [-0.2, 0) is 4.74 Å². The van der Waals surface area contributed by atoms with Gasteiger partial charge in [-0.25, -0.2) is 4.79 Å². The Balaban J connectivity index is 1.56. The molecule has 2 aromatic carbocycles. The summed E-state index contributed by atoms with van der Waals surface area (Å²) in [6.45, 7) is 5.70. The van der Waals surface area contributed by atoms with Crippen molar-refractivity contribution in [1.29, 1.82) is 0 Å². The fourth-order valence-electron chi connectivity index (χ4n) is 5.00. The van der Waals surface area contributed by atoms with E-state index in [1.807, 2.05) is 80.3 Å². The highest BCUT2D eigenvalue weighted by atomic mass is 16.6. The molecule has 4 heteroatoms. The average molecular weight is 406 g/mol. The van der Waals surface area contributed by atoms with Crippen molar-refractivity contribution in [2.45, 2.75) is 70.6 Å². The van der Waals surface area contributed by atoms with Crippen molar-refractivity contribution in [1.82, 2.24) is 4.90 Å². The molecular weight excluding hydrogens is 374 g/mol. The minimum Gasteiger partial charge on any atom is -0.444 e. The third-order valence-electron chi connectivity index (χ3n) is 6.23. The molecule has 0 radical (unpaired) electrons. The molecule has 2 atom stereocenters. The monoisotopic (exact) mass is 405 g/mol. The smallest absolute Gasteiger partial charge is 0.410 e. The van der Waals surface area contributed by atoms with E-state index in [1.165, 1.54) is 0 Å². The van der Waals surface area contributed by atoms with Gasteiger partial charge >= 0.3 is 6.09 Å². The lowest BCUT2D eigenvalue weighted by Crippen LogP contribution is -2.56. The van der Waals surface area contributed by atoms with Crippen molar-refractivity contribution in [3.05, 3.63) is 60.2 Å². The van der Waals surface area contributed by atoms with Crippen LogP contribution in [0.1, 0.15) is 63.2 Å². The summed E-state index contributed by atoms with van der Waals surface area (Å²) in [5.74, 6) is 0.152. The van der Waals surface area contributed by atoms with Crippen LogP contribution in [0, 0.1) is 5.92 Å². The highest BCUT2D eigenvalue weighted by molar-refractivity contribution is 6.03. The van der Waals surface area contributed by atoms with Gasteiger partial charge < -0.3 is 9.64 Å². The van der Waals surface area contributed by atoms with Crippen LogP contribution in [-0.4, -0.2) is 34.5 Å². The van der Waals surface area contributed by atoms with Crippen LogP contribution in [0.3, 0.4) is 0 Å². The lowest BCUT2D eigenvalue weighted by Gasteiger charge is -2.48. The van der Waals surface area contributed by atoms with Gasteiger partial charge in [-0.05, 0) is 64.0 Å². The molecule has 2 saturated heterocycles. The number of hydrogen-bond donors (Lipinski definition) is 0. The average Bonchev–Trinajstić information content (AvgIpc) is 2.71. The molecule has 2 unspecified atom stereocenters. The number of carbonyl (C=O) groups is 2. The zero-order chi connectivity index (χ0) is 21.3. The van der Waals surface area contributed by atoms with E-state index in [4.69, 9.17) is 4.74 Å². The second kappa shape index (κ2) is 8.25. The van der Waals surface area contributed by atoms with Gasteiger partial charge in [0, 0.05) is 23.6 Å². The summed E-state index contributed by atoms with van der Waals surface area (Å²) in [5, 5.41) is 0. The third-order valence-corrected chi connectivity index (χ3v) is 6.23. The summed E-state index contributed by atoms with van der Waals surface area (Å²) in [5.41, 5.74) is 2.33. The van der Waals surface area contributed by atoms with Crippen LogP contribution in [0.2, 0.25) is 0 Å². The first-order valence-corrected chi connectivity index (χ1v) is 11.0. The van der Waals surface area contributed by atoms with Crippen LogP contribution < -0.4 is 0 Å². The Morgan fingerprint density at radius 2 is 1.50 bits per heavy atom. The molecule has 4 nitrogen and oxygen atoms in total. The first kappa shape index (κ1) is 20.6. The Bertz CT molecular complexity index is 901. The van der Waals surface area contributed by atoms with Crippen LogP contribution in [0.5, 0.6) is 0 Å². The standard InChI is InChI=1S/C26H31NO3/c1-26(2,3)30-25(29)27-20-12-9-13-21(27)17-19(16-20)24(28)23-15-8-7-14-22(23)18-10-5-4-6-11-18/h4-8,10-11,14-15,19-21H,9,12-13,16-17H2,1-3H3. The van der Waals surface area contributed by atoms with Gasteiger partial charge in [-0.3, -0.25) is 4.79 Å². The largest absolute Gasteiger partial charge is 0.444 e. The number of rotatable bonds is 3. The molecule has 158 valence electrons. The fourth-order valence-corrected chi connectivity index (χ4v) is 5.00. The number of piperidine rings is 2. The summed E-state index contributed by atoms with van der Waals surface area (Å²) >= 11 is 0. The van der Waals surface area contributed by atoms with Gasteiger partial charge in [0.1, 0.15) is 5.60 Å². The SMILES string of the molecule is CC(C)(C)OC(=O)N1C2CCCC1CC(C(=O)c1ccccc1-c1ccccc1)C2. The lowest BCUT2D eigenvalue weighted by atomic mass is 9.75. The molecule has 30 heavy (non-hydrogen) atoms. The van der Waals surface area contributed by atoms with Gasteiger partial charge in [-0.2, -0.15) is 0 Å². The molecule has 2 bridgehead atoms. The van der Waals surface area contributed by atoms with Gasteiger partial charge in [0.25, 0.3) is 0 Å². The second-order valence-corrected chi connectivity index (χ2v) is 9.57. The highest BCUT2D eigenvalue weighted by Crippen LogP contribution is 2.40. The van der Waals surface area contributed by atoms with Crippen molar-refractivity contribution < 1.29 is 14.3 Å². The van der Waals surface area contributed by atoms with Gasteiger partial charge in [0.2, 0.25) is 0 Å². The second-order valence-electron chi connectivity index (χ2n) is 9.57. The molecule has 2 aromatic rings. The molecule has 0 aliphatic carbocycles. The molecule has 2 aliphatic rings. The van der Waals surface area contributed by atoms with Crippen molar-refractivity contribution >= 4 is 11.9 Å². The summed E-state index contributed by atoms with van der Waals surface area (Å²) < 4.78 is 5.67. The maximum atomic E-state index is 13.6. The van der Waals surface area contributed by atoms with Crippen molar-refractivity contribution in [2.24, 2.45) is 5.92 Å². The molecule has 0 N–H and O–H groups in total. The van der Waals surface area contributed by atoms with Crippen LogP contribution >= 0.6 is 0 Å². The molecule has 2 aliphatic heterocycles. The zero-order valence-corrected chi connectivity index (χ0v) is 18.1. The number of nitrogens with zero attached hydrogens (tertiary/aromatic N) is 1. The molecule has 2 heterocycles. The van der Waals surface area contributed by atoms with Gasteiger partial charge in [0.05, 0.1) is 0 Å². The van der Waals surface area contributed by atoms with Crippen molar-refractivity contribution in [3.8, 4) is 11.1 Å². The van der Waals surface area contributed by atoms with Crippen LogP contribution in [0.4, 0.5) is 4.79 Å². The molecule has 2 fully saturated rings. The Morgan fingerprint density at radius 3 is 2.13 bits per heavy atom. The number of benzene rings is 2. The molecule has 4 rings (SSSR count). The lowest BCUT2D eigenvalue weighted by molar-refractivity contribution is -0.0260. The van der Waals surface area contributed by atoms with E-state index >= 15 is 0 Å². The number of carbonyl (C=O) groups excluding carboxylic acids is 2. The summed E-state index contributed by atoms with van der Waals surface area (Å²) in [6, 6.07) is 18.2. The van der Waals surface area contributed by atoms with Gasteiger partial charge in [-0.15, -0.1) is 0 Å². The van der Waals surface area contributed by atoms with Crippen LogP contribution in [0.15, 0.2) is 54.6 Å².